The Morgan fingerprint density at radius 1 is 0.854 bits per heavy atom. The smallest absolute Gasteiger partial charge is 0.148 e. The van der Waals surface area contributed by atoms with Gasteiger partial charge in [-0.25, -0.2) is 14.4 Å². The summed E-state index contributed by atoms with van der Waals surface area (Å²) in [4.78, 5) is 18.3. The quantitative estimate of drug-likeness (QED) is 0.362. The second-order valence-electron chi connectivity index (χ2n) is 12.1. The van der Waals surface area contributed by atoms with E-state index in [-0.39, 0.29) is 5.82 Å². The number of nitrogens with two attached hydrogens (primary N) is 1. The fraction of sp³-hybridized carbons (Fsp3) is 0.438. The van der Waals surface area contributed by atoms with E-state index in [2.05, 4.69) is 61.8 Å². The number of hydrogen-bond acceptors (Lipinski definition) is 7. The maximum atomic E-state index is 14.7. The third kappa shape index (κ3) is 4.51. The molecule has 0 bridgehead atoms. The van der Waals surface area contributed by atoms with Gasteiger partial charge in [-0.2, -0.15) is 0 Å². The molecule has 1 saturated heterocycles. The number of nitrogens with zero attached hydrogens (tertiary/aromatic N) is 7. The van der Waals surface area contributed by atoms with Crippen molar-refractivity contribution < 1.29 is 4.39 Å². The van der Waals surface area contributed by atoms with Gasteiger partial charge in [-0.3, -0.25) is 4.90 Å². The van der Waals surface area contributed by atoms with E-state index in [1.54, 1.807) is 12.4 Å². The summed E-state index contributed by atoms with van der Waals surface area (Å²) in [6, 6.07) is 13.0. The van der Waals surface area contributed by atoms with Crippen LogP contribution in [0.3, 0.4) is 0 Å². The first kappa shape index (κ1) is 26.2. The minimum absolute atomic E-state index is 0.187. The van der Waals surface area contributed by atoms with Gasteiger partial charge < -0.3 is 25.0 Å². The highest BCUT2D eigenvalue weighted by Crippen LogP contribution is 2.45. The van der Waals surface area contributed by atoms with E-state index in [9.17, 15) is 4.39 Å². The van der Waals surface area contributed by atoms with E-state index >= 15 is 0 Å². The lowest BCUT2D eigenvalue weighted by Gasteiger charge is -2.41. The molecule has 0 atom stereocenters. The van der Waals surface area contributed by atoms with Crippen molar-refractivity contribution in [1.29, 1.82) is 0 Å². The van der Waals surface area contributed by atoms with E-state index in [1.165, 1.54) is 25.9 Å². The zero-order chi connectivity index (χ0) is 28.2. The third-order valence-electron chi connectivity index (χ3n) is 9.55. The Morgan fingerprint density at radius 3 is 2.29 bits per heavy atom. The number of fused-ring (bicyclic) bond motifs is 2. The molecule has 2 aromatic heterocycles. The lowest BCUT2D eigenvalue weighted by Crippen LogP contribution is -2.49. The van der Waals surface area contributed by atoms with Crippen LogP contribution in [0.25, 0.3) is 22.2 Å². The number of hydrogen-bond donors (Lipinski definition) is 1. The van der Waals surface area contributed by atoms with E-state index in [4.69, 9.17) is 10.7 Å². The summed E-state index contributed by atoms with van der Waals surface area (Å²) < 4.78 is 17.0. The summed E-state index contributed by atoms with van der Waals surface area (Å²) in [6.45, 7) is 7.32. The molecule has 8 nitrogen and oxygen atoms in total. The molecule has 1 aliphatic carbocycles. The van der Waals surface area contributed by atoms with Crippen LogP contribution in [0.1, 0.15) is 37.3 Å². The second kappa shape index (κ2) is 10.3. The maximum absolute atomic E-state index is 14.7. The molecule has 0 unspecified atom stereocenters. The Kier molecular flexibility index (Phi) is 6.59. The first-order chi connectivity index (χ1) is 19.9. The van der Waals surface area contributed by atoms with Crippen LogP contribution in [0.5, 0.6) is 0 Å². The highest BCUT2D eigenvalue weighted by molar-refractivity contribution is 6.01. The van der Waals surface area contributed by atoms with Crippen LogP contribution in [0.2, 0.25) is 0 Å². The highest BCUT2D eigenvalue weighted by atomic mass is 19.1. The SMILES string of the molecule is Cc1ccc(F)c2c1N(c1ccc(-c3cn(C4CCC(N5CCN(C)CC5)CC4)c4ncnc(N)c34)cc1)CN2C. The predicted octanol–water partition coefficient (Wildman–Crippen LogP) is 5.40. The summed E-state index contributed by atoms with van der Waals surface area (Å²) in [5.74, 6) is 0.327. The van der Waals surface area contributed by atoms with E-state index in [1.807, 2.05) is 24.9 Å². The largest absolute Gasteiger partial charge is 0.383 e. The monoisotopic (exact) mass is 554 g/mol. The number of benzene rings is 2. The van der Waals surface area contributed by atoms with Crippen molar-refractivity contribution in [2.45, 2.75) is 44.7 Å². The van der Waals surface area contributed by atoms with Gasteiger partial charge in [0.25, 0.3) is 0 Å². The minimum atomic E-state index is -0.187. The van der Waals surface area contributed by atoms with Gasteiger partial charge in [0, 0.05) is 62.8 Å². The topological polar surface area (TPSA) is 69.7 Å². The van der Waals surface area contributed by atoms with Crippen molar-refractivity contribution in [3.63, 3.8) is 0 Å². The normalized spacial score (nSPS) is 22.0. The molecule has 7 rings (SSSR count). The summed E-state index contributed by atoms with van der Waals surface area (Å²) in [7, 11) is 4.15. The van der Waals surface area contributed by atoms with Crippen molar-refractivity contribution in [3.8, 4) is 11.1 Å². The molecule has 0 amide bonds. The number of nitrogen functional groups attached to an aromatic ring is 1. The number of aromatic nitrogens is 3. The van der Waals surface area contributed by atoms with Gasteiger partial charge in [0.05, 0.1) is 23.4 Å². The average molecular weight is 555 g/mol. The average Bonchev–Trinajstić information content (AvgIpc) is 3.56. The molecule has 1 saturated carbocycles. The number of aryl methyl sites for hydroxylation is 1. The van der Waals surface area contributed by atoms with Gasteiger partial charge in [-0.05, 0) is 69.0 Å². The standard InChI is InChI=1S/C32H39FN8/c1-21-4-13-27(33)30-29(21)41(20-38(30)3)25-7-5-22(6-8-25)26-18-40(32-28(26)31(34)35-19-36-32)24-11-9-23(10-12-24)39-16-14-37(2)15-17-39/h4-8,13,18-19,23-24H,9-12,14-17,20H2,1-3H3,(H2,34,35,36). The molecule has 2 aliphatic heterocycles. The molecule has 2 N–H and O–H groups in total. The Hall–Kier alpha value is -3.69. The van der Waals surface area contributed by atoms with Crippen molar-refractivity contribution >= 4 is 33.9 Å². The van der Waals surface area contributed by atoms with Gasteiger partial charge >= 0.3 is 0 Å². The Bertz CT molecular complexity index is 1570. The number of rotatable bonds is 4. The molecule has 2 aromatic carbocycles. The lowest BCUT2D eigenvalue weighted by molar-refractivity contribution is 0.0828. The molecular formula is C32H39FN8. The van der Waals surface area contributed by atoms with E-state index in [0.29, 0.717) is 30.3 Å². The zero-order valence-electron chi connectivity index (χ0n) is 24.2. The maximum Gasteiger partial charge on any atom is 0.148 e. The Labute approximate surface area is 241 Å². The van der Waals surface area contributed by atoms with Gasteiger partial charge in [0.15, 0.2) is 0 Å². The first-order valence-electron chi connectivity index (χ1n) is 14.8. The van der Waals surface area contributed by atoms with Crippen LogP contribution >= 0.6 is 0 Å². The number of halogens is 1. The summed E-state index contributed by atoms with van der Waals surface area (Å²) in [5, 5.41) is 0.922. The summed E-state index contributed by atoms with van der Waals surface area (Å²) >= 11 is 0. The molecule has 0 radical (unpaired) electrons. The van der Waals surface area contributed by atoms with Crippen molar-refractivity contribution in [3.05, 3.63) is 60.3 Å². The van der Waals surface area contributed by atoms with Gasteiger partial charge in [0.1, 0.15) is 23.6 Å². The second-order valence-corrected chi connectivity index (χ2v) is 12.1. The molecule has 9 heteroatoms. The molecular weight excluding hydrogens is 515 g/mol. The first-order valence-corrected chi connectivity index (χ1v) is 14.8. The molecule has 4 aromatic rings. The van der Waals surface area contributed by atoms with Crippen molar-refractivity contribution in [2.24, 2.45) is 0 Å². The molecule has 2 fully saturated rings. The Morgan fingerprint density at radius 2 is 1.56 bits per heavy atom. The lowest BCUT2D eigenvalue weighted by atomic mass is 9.89. The van der Waals surface area contributed by atoms with Crippen molar-refractivity contribution in [1.82, 2.24) is 24.3 Å². The predicted molar refractivity (Wildman–Crippen MR) is 164 cm³/mol. The Balaban J connectivity index is 1.17. The molecule has 4 heterocycles. The highest BCUT2D eigenvalue weighted by Gasteiger charge is 2.31. The van der Waals surface area contributed by atoms with Crippen molar-refractivity contribution in [2.75, 3.05) is 62.5 Å². The van der Waals surface area contributed by atoms with Crippen LogP contribution in [0.15, 0.2) is 48.9 Å². The third-order valence-corrected chi connectivity index (χ3v) is 9.55. The summed E-state index contributed by atoms with van der Waals surface area (Å²) in [6.07, 6.45) is 8.53. The molecule has 3 aliphatic rings. The molecule has 214 valence electrons. The molecule has 41 heavy (non-hydrogen) atoms. The zero-order valence-corrected chi connectivity index (χ0v) is 24.2. The van der Waals surface area contributed by atoms with Crippen LogP contribution in [0, 0.1) is 12.7 Å². The number of piperazine rings is 1. The fourth-order valence-electron chi connectivity index (χ4n) is 7.24. The van der Waals surface area contributed by atoms with Crippen LogP contribution < -0.4 is 15.5 Å². The van der Waals surface area contributed by atoms with E-state index < -0.39 is 0 Å². The molecule has 0 spiro atoms. The van der Waals surface area contributed by atoms with Crippen LogP contribution in [0.4, 0.5) is 27.3 Å². The summed E-state index contributed by atoms with van der Waals surface area (Å²) in [5.41, 5.74) is 13.2. The minimum Gasteiger partial charge on any atom is -0.383 e. The van der Waals surface area contributed by atoms with E-state index in [0.717, 1.165) is 65.0 Å². The number of likely N-dealkylation sites (N-methyl/N-ethyl adjacent to an activating group) is 1. The van der Waals surface area contributed by atoms with Gasteiger partial charge in [-0.15, -0.1) is 0 Å². The van der Waals surface area contributed by atoms with Gasteiger partial charge in [-0.1, -0.05) is 18.2 Å². The number of anilines is 4. The van der Waals surface area contributed by atoms with Crippen LogP contribution in [-0.2, 0) is 0 Å². The fourth-order valence-corrected chi connectivity index (χ4v) is 7.24. The van der Waals surface area contributed by atoms with Crippen LogP contribution in [-0.4, -0.2) is 77.3 Å². The van der Waals surface area contributed by atoms with Gasteiger partial charge in [0.2, 0.25) is 0 Å².